The molecule has 0 radical (unpaired) electrons. The maximum Gasteiger partial charge on any atom is 0.145 e. The molecule has 0 spiro atoms. The first-order chi connectivity index (χ1) is 9.23. The van der Waals surface area contributed by atoms with E-state index < -0.39 is 0 Å². The van der Waals surface area contributed by atoms with Gasteiger partial charge in [-0.05, 0) is 0 Å². The van der Waals surface area contributed by atoms with Gasteiger partial charge in [0.05, 0.1) is 39.8 Å². The highest BCUT2D eigenvalue weighted by molar-refractivity contribution is 5.73. The molecule has 2 rings (SSSR count). The van der Waals surface area contributed by atoms with Gasteiger partial charge in [0.25, 0.3) is 0 Å². The van der Waals surface area contributed by atoms with Crippen LogP contribution in [0.1, 0.15) is 5.69 Å². The Labute approximate surface area is 111 Å². The van der Waals surface area contributed by atoms with Gasteiger partial charge in [0, 0.05) is 12.1 Å². The lowest BCUT2D eigenvalue weighted by molar-refractivity contribution is 0.277. The number of methoxy groups -OCH3 is 3. The fraction of sp³-hybridized carbons (Fsp3) is 0.308. The number of aromatic amines is 1. The standard InChI is InChI=1S/C13H16N2O4/c1-17-9-4-10(18-2)12(11(5-9)19-3)13-14-6-8(7-16)15-13/h4-6,16H,7H2,1-3H3,(H,14,15). The molecule has 0 aliphatic carbocycles. The summed E-state index contributed by atoms with van der Waals surface area (Å²) in [5.41, 5.74) is 1.31. The number of hydrogen-bond donors (Lipinski definition) is 2. The average molecular weight is 264 g/mol. The van der Waals surface area contributed by atoms with Crippen LogP contribution >= 0.6 is 0 Å². The molecule has 0 aliphatic rings. The zero-order chi connectivity index (χ0) is 13.8. The van der Waals surface area contributed by atoms with Gasteiger partial charge in [-0.1, -0.05) is 0 Å². The normalized spacial score (nSPS) is 10.3. The van der Waals surface area contributed by atoms with E-state index in [9.17, 15) is 0 Å². The Morgan fingerprint density at radius 3 is 2.16 bits per heavy atom. The van der Waals surface area contributed by atoms with E-state index in [1.807, 2.05) is 0 Å². The third-order valence-electron chi connectivity index (χ3n) is 2.75. The summed E-state index contributed by atoms with van der Waals surface area (Å²) in [5.74, 6) is 2.36. The molecule has 0 fully saturated rings. The molecular weight excluding hydrogens is 248 g/mol. The van der Waals surface area contributed by atoms with Crippen LogP contribution in [-0.2, 0) is 6.61 Å². The molecule has 0 amide bonds. The molecule has 1 heterocycles. The van der Waals surface area contributed by atoms with Crippen LogP contribution in [0.4, 0.5) is 0 Å². The second kappa shape index (κ2) is 5.62. The lowest BCUT2D eigenvalue weighted by Gasteiger charge is -2.13. The van der Waals surface area contributed by atoms with E-state index >= 15 is 0 Å². The lowest BCUT2D eigenvalue weighted by atomic mass is 10.1. The van der Waals surface area contributed by atoms with Crippen molar-refractivity contribution in [2.45, 2.75) is 6.61 Å². The second-order valence-corrected chi connectivity index (χ2v) is 3.82. The van der Waals surface area contributed by atoms with Gasteiger partial charge in [0.1, 0.15) is 28.6 Å². The van der Waals surface area contributed by atoms with Crippen molar-refractivity contribution >= 4 is 0 Å². The number of aliphatic hydroxyl groups is 1. The monoisotopic (exact) mass is 264 g/mol. The topological polar surface area (TPSA) is 76.6 Å². The van der Waals surface area contributed by atoms with Crippen LogP contribution in [-0.4, -0.2) is 36.4 Å². The SMILES string of the molecule is COc1cc(OC)c(-c2ncc(CO)[nH]2)c(OC)c1. The summed E-state index contributed by atoms with van der Waals surface area (Å²) in [6.07, 6.45) is 1.57. The number of aliphatic hydroxyl groups excluding tert-OH is 1. The quantitative estimate of drug-likeness (QED) is 0.857. The van der Waals surface area contributed by atoms with Crippen LogP contribution in [0.25, 0.3) is 11.4 Å². The van der Waals surface area contributed by atoms with Crippen molar-refractivity contribution < 1.29 is 19.3 Å². The first-order valence-corrected chi connectivity index (χ1v) is 5.68. The molecule has 2 aromatic rings. The third-order valence-corrected chi connectivity index (χ3v) is 2.75. The number of rotatable bonds is 5. The Morgan fingerprint density at radius 2 is 1.74 bits per heavy atom. The zero-order valence-corrected chi connectivity index (χ0v) is 11.1. The summed E-state index contributed by atoms with van der Waals surface area (Å²) in [4.78, 5) is 7.22. The largest absolute Gasteiger partial charge is 0.496 e. The molecule has 1 aromatic heterocycles. The van der Waals surface area contributed by atoms with Gasteiger partial charge < -0.3 is 24.3 Å². The number of benzene rings is 1. The summed E-state index contributed by atoms with van der Waals surface area (Å²) in [6, 6.07) is 3.50. The van der Waals surface area contributed by atoms with Crippen molar-refractivity contribution in [3.63, 3.8) is 0 Å². The van der Waals surface area contributed by atoms with Gasteiger partial charge in [0.15, 0.2) is 0 Å². The molecular formula is C13H16N2O4. The summed E-state index contributed by atoms with van der Waals surface area (Å²) in [6.45, 7) is -0.103. The summed E-state index contributed by atoms with van der Waals surface area (Å²) in [7, 11) is 4.70. The van der Waals surface area contributed by atoms with Crippen LogP contribution in [0.2, 0.25) is 0 Å². The Balaban J connectivity index is 2.59. The molecule has 0 unspecified atom stereocenters. The average Bonchev–Trinajstić information content (AvgIpc) is 2.94. The van der Waals surface area contributed by atoms with E-state index in [2.05, 4.69) is 9.97 Å². The van der Waals surface area contributed by atoms with Crippen LogP contribution in [0.15, 0.2) is 18.3 Å². The predicted molar refractivity (Wildman–Crippen MR) is 69.6 cm³/mol. The number of aromatic nitrogens is 2. The van der Waals surface area contributed by atoms with Gasteiger partial charge in [-0.2, -0.15) is 0 Å². The number of nitrogens with zero attached hydrogens (tertiary/aromatic N) is 1. The highest BCUT2D eigenvalue weighted by Crippen LogP contribution is 2.40. The molecule has 0 aliphatic heterocycles. The molecule has 2 N–H and O–H groups in total. The van der Waals surface area contributed by atoms with E-state index in [0.29, 0.717) is 34.3 Å². The van der Waals surface area contributed by atoms with Gasteiger partial charge in [0.2, 0.25) is 0 Å². The van der Waals surface area contributed by atoms with E-state index in [0.717, 1.165) is 0 Å². The van der Waals surface area contributed by atoms with E-state index in [1.54, 1.807) is 39.7 Å². The van der Waals surface area contributed by atoms with Crippen LogP contribution in [0.3, 0.4) is 0 Å². The Bertz CT molecular complexity index is 541. The third kappa shape index (κ3) is 2.48. The highest BCUT2D eigenvalue weighted by atomic mass is 16.5. The Kier molecular flexibility index (Phi) is 3.91. The fourth-order valence-corrected chi connectivity index (χ4v) is 1.81. The fourth-order valence-electron chi connectivity index (χ4n) is 1.81. The van der Waals surface area contributed by atoms with Crippen LogP contribution < -0.4 is 14.2 Å². The second-order valence-electron chi connectivity index (χ2n) is 3.82. The number of ether oxygens (including phenoxy) is 3. The van der Waals surface area contributed by atoms with Gasteiger partial charge in [-0.3, -0.25) is 0 Å². The maximum atomic E-state index is 9.08. The summed E-state index contributed by atoms with van der Waals surface area (Å²) in [5, 5.41) is 9.08. The minimum absolute atomic E-state index is 0.103. The summed E-state index contributed by atoms with van der Waals surface area (Å²) >= 11 is 0. The van der Waals surface area contributed by atoms with Crippen molar-refractivity contribution in [3.05, 3.63) is 24.0 Å². The number of nitrogens with one attached hydrogen (secondary N) is 1. The lowest BCUT2D eigenvalue weighted by Crippen LogP contribution is -1.96. The van der Waals surface area contributed by atoms with Crippen molar-refractivity contribution in [3.8, 4) is 28.6 Å². The van der Waals surface area contributed by atoms with Gasteiger partial charge >= 0.3 is 0 Å². The van der Waals surface area contributed by atoms with Crippen molar-refractivity contribution in [1.82, 2.24) is 9.97 Å². The number of imidazole rings is 1. The van der Waals surface area contributed by atoms with Crippen LogP contribution in [0, 0.1) is 0 Å². The number of hydrogen-bond acceptors (Lipinski definition) is 5. The molecule has 102 valence electrons. The highest BCUT2D eigenvalue weighted by Gasteiger charge is 2.17. The molecule has 6 nitrogen and oxygen atoms in total. The molecule has 0 atom stereocenters. The molecule has 0 saturated heterocycles. The predicted octanol–water partition coefficient (Wildman–Crippen LogP) is 1.59. The van der Waals surface area contributed by atoms with E-state index in [4.69, 9.17) is 19.3 Å². The minimum Gasteiger partial charge on any atom is -0.496 e. The first-order valence-electron chi connectivity index (χ1n) is 5.68. The van der Waals surface area contributed by atoms with Crippen molar-refractivity contribution in [2.24, 2.45) is 0 Å². The van der Waals surface area contributed by atoms with E-state index in [1.165, 1.54) is 0 Å². The number of H-pyrrole nitrogens is 1. The minimum atomic E-state index is -0.103. The molecule has 1 aromatic carbocycles. The first kappa shape index (κ1) is 13.2. The molecule has 0 bridgehead atoms. The zero-order valence-electron chi connectivity index (χ0n) is 11.1. The Hall–Kier alpha value is -2.21. The van der Waals surface area contributed by atoms with Crippen molar-refractivity contribution in [2.75, 3.05) is 21.3 Å². The molecule has 6 heteroatoms. The summed E-state index contributed by atoms with van der Waals surface area (Å²) < 4.78 is 15.9. The van der Waals surface area contributed by atoms with Crippen LogP contribution in [0.5, 0.6) is 17.2 Å². The molecule has 0 saturated carbocycles. The van der Waals surface area contributed by atoms with E-state index in [-0.39, 0.29) is 6.61 Å². The van der Waals surface area contributed by atoms with Gasteiger partial charge in [-0.25, -0.2) is 4.98 Å². The smallest absolute Gasteiger partial charge is 0.145 e. The van der Waals surface area contributed by atoms with Gasteiger partial charge in [-0.15, -0.1) is 0 Å². The maximum absolute atomic E-state index is 9.08. The van der Waals surface area contributed by atoms with Crippen molar-refractivity contribution in [1.29, 1.82) is 0 Å². The molecule has 19 heavy (non-hydrogen) atoms. The Morgan fingerprint density at radius 1 is 1.11 bits per heavy atom.